The Balaban J connectivity index is 1.37. The minimum atomic E-state index is -4.19. The maximum atomic E-state index is 13.6. The van der Waals surface area contributed by atoms with Gasteiger partial charge in [-0.1, -0.05) is 24.5 Å². The number of amides is 2. The largest absolute Gasteiger partial charge is 0.390 e. The molecule has 0 aromatic carbocycles. The first-order valence-corrected chi connectivity index (χ1v) is 12.3. The number of halogens is 3. The molecular weight excluding hydrogens is 459 g/mol. The molecule has 1 unspecified atom stereocenters. The Morgan fingerprint density at radius 3 is 2.63 bits per heavy atom. The first-order chi connectivity index (χ1) is 16.6. The number of aliphatic imine (C=N–C) groups is 1. The van der Waals surface area contributed by atoms with Crippen LogP contribution in [0.15, 0.2) is 28.9 Å². The van der Waals surface area contributed by atoms with Crippen molar-refractivity contribution in [3.05, 3.63) is 35.2 Å². The molecule has 1 saturated heterocycles. The topological polar surface area (TPSA) is 70.8 Å². The number of aromatic nitrogens is 2. The van der Waals surface area contributed by atoms with Gasteiger partial charge in [-0.3, -0.25) is 19.2 Å². The molecule has 1 aromatic heterocycles. The van der Waals surface area contributed by atoms with Crippen molar-refractivity contribution in [3.8, 4) is 0 Å². The fourth-order valence-electron chi connectivity index (χ4n) is 5.70. The van der Waals surface area contributed by atoms with E-state index < -0.39 is 18.5 Å². The maximum Gasteiger partial charge on any atom is 0.390 e. The lowest BCUT2D eigenvalue weighted by Gasteiger charge is -2.41. The van der Waals surface area contributed by atoms with Crippen molar-refractivity contribution in [2.24, 2.45) is 10.9 Å². The molecule has 7 nitrogen and oxygen atoms in total. The monoisotopic (exact) mass is 489 g/mol. The van der Waals surface area contributed by atoms with Gasteiger partial charge < -0.3 is 4.90 Å². The van der Waals surface area contributed by atoms with E-state index in [0.717, 1.165) is 42.5 Å². The number of hydrogen-bond donors (Lipinski definition) is 0. The molecule has 5 rings (SSSR count). The summed E-state index contributed by atoms with van der Waals surface area (Å²) in [5, 5.41) is 4.53. The molecule has 2 amide bonds. The number of nitrogens with zero attached hydrogens (tertiary/aromatic N) is 5. The molecule has 2 fully saturated rings. The predicted octanol–water partition coefficient (Wildman–Crippen LogP) is 4.04. The molecular formula is C25H30F3N5O2. The number of allylic oxidation sites excluding steroid dienone is 2. The second-order valence-corrected chi connectivity index (χ2v) is 10.1. The Kier molecular flexibility index (Phi) is 6.19. The van der Waals surface area contributed by atoms with E-state index in [-0.39, 0.29) is 30.4 Å². The predicted molar refractivity (Wildman–Crippen MR) is 125 cm³/mol. The highest BCUT2D eigenvalue weighted by Crippen LogP contribution is 2.38. The van der Waals surface area contributed by atoms with E-state index in [2.05, 4.69) is 10.1 Å². The van der Waals surface area contributed by atoms with Crippen LogP contribution in [0.2, 0.25) is 0 Å². The van der Waals surface area contributed by atoms with Crippen LogP contribution in [-0.4, -0.2) is 75.5 Å². The average Bonchev–Trinajstić information content (AvgIpc) is 3.47. The van der Waals surface area contributed by atoms with Gasteiger partial charge in [-0.15, -0.1) is 0 Å². The number of alkyl halides is 3. The summed E-state index contributed by atoms with van der Waals surface area (Å²) in [7, 11) is 0. The maximum absolute atomic E-state index is 13.6. The number of rotatable bonds is 4. The summed E-state index contributed by atoms with van der Waals surface area (Å²) in [6.45, 7) is 4.85. The van der Waals surface area contributed by atoms with Crippen molar-refractivity contribution in [2.75, 3.05) is 26.2 Å². The lowest BCUT2D eigenvalue weighted by molar-refractivity contribution is -0.144. The molecule has 4 aliphatic rings. The first-order valence-electron chi connectivity index (χ1n) is 12.3. The molecule has 2 atom stereocenters. The molecule has 0 bridgehead atoms. The van der Waals surface area contributed by atoms with E-state index in [9.17, 15) is 22.8 Å². The minimum absolute atomic E-state index is 0.0547. The zero-order valence-corrected chi connectivity index (χ0v) is 20.0. The SMILES string of the molecule is CC1=CC2=NC(=O)c3cnn(C4CCCC4)c3C2=CC1C(=O)N1CCN(CCC(F)(F)F)[C@@H](C)C1. The number of carbonyl (C=O) groups is 2. The second kappa shape index (κ2) is 9.04. The van der Waals surface area contributed by atoms with E-state index in [1.54, 1.807) is 16.0 Å². The van der Waals surface area contributed by atoms with Crippen LogP contribution < -0.4 is 0 Å². The van der Waals surface area contributed by atoms with Crippen molar-refractivity contribution in [2.45, 2.75) is 64.2 Å². The van der Waals surface area contributed by atoms with Gasteiger partial charge in [-0.25, -0.2) is 4.99 Å². The Hall–Kier alpha value is -2.75. The van der Waals surface area contributed by atoms with Crippen LogP contribution in [0.3, 0.4) is 0 Å². The highest BCUT2D eigenvalue weighted by atomic mass is 19.4. The lowest BCUT2D eigenvalue weighted by Crippen LogP contribution is -2.55. The van der Waals surface area contributed by atoms with Crippen molar-refractivity contribution in [1.82, 2.24) is 19.6 Å². The van der Waals surface area contributed by atoms with Crippen LogP contribution in [0.4, 0.5) is 13.2 Å². The van der Waals surface area contributed by atoms with Crippen molar-refractivity contribution < 1.29 is 22.8 Å². The lowest BCUT2D eigenvalue weighted by atomic mass is 9.84. The number of carbonyl (C=O) groups excluding carboxylic acids is 2. The van der Waals surface area contributed by atoms with Crippen LogP contribution in [0, 0.1) is 5.92 Å². The Morgan fingerprint density at radius 2 is 1.94 bits per heavy atom. The molecule has 0 spiro atoms. The quantitative estimate of drug-likeness (QED) is 0.640. The standard InChI is InChI=1S/C25H30F3N5O2/c1-15-11-21-19(22-20(23(34)30-21)13-29-33(22)17-5-3-4-6-17)12-18(15)24(35)32-10-9-31(16(2)14-32)8-7-25(26,27)28/h11-13,16-18H,3-10,14H2,1-2H3/t16-,18?/m0/s1. The Bertz CT molecular complexity index is 1130. The number of hydrogen-bond acceptors (Lipinski definition) is 4. The highest BCUT2D eigenvalue weighted by Gasteiger charge is 2.38. The van der Waals surface area contributed by atoms with E-state index in [1.807, 2.05) is 30.7 Å². The highest BCUT2D eigenvalue weighted by molar-refractivity contribution is 6.36. The third kappa shape index (κ3) is 4.60. The van der Waals surface area contributed by atoms with Gasteiger partial charge in [0.05, 0.1) is 41.5 Å². The van der Waals surface area contributed by atoms with Crippen molar-refractivity contribution >= 4 is 23.1 Å². The summed E-state index contributed by atoms with van der Waals surface area (Å²) in [5.74, 6) is -0.891. The van der Waals surface area contributed by atoms with Gasteiger partial charge in [-0.2, -0.15) is 18.3 Å². The molecule has 1 aromatic rings. The average molecular weight is 490 g/mol. The van der Waals surface area contributed by atoms with Crippen LogP contribution in [0.5, 0.6) is 0 Å². The third-order valence-corrected chi connectivity index (χ3v) is 7.66. The molecule has 35 heavy (non-hydrogen) atoms. The number of piperazine rings is 1. The van der Waals surface area contributed by atoms with Crippen LogP contribution in [0.25, 0.3) is 5.57 Å². The summed E-state index contributed by atoms with van der Waals surface area (Å²) in [6.07, 6.45) is 4.53. The smallest absolute Gasteiger partial charge is 0.339 e. The summed E-state index contributed by atoms with van der Waals surface area (Å²) in [5.41, 5.74) is 3.35. The van der Waals surface area contributed by atoms with Gasteiger partial charge >= 0.3 is 6.18 Å². The molecule has 188 valence electrons. The molecule has 10 heteroatoms. The molecule has 0 radical (unpaired) electrons. The molecule has 2 aliphatic heterocycles. The van der Waals surface area contributed by atoms with E-state index in [0.29, 0.717) is 30.9 Å². The van der Waals surface area contributed by atoms with Gasteiger partial charge in [0.2, 0.25) is 5.91 Å². The third-order valence-electron chi connectivity index (χ3n) is 7.66. The van der Waals surface area contributed by atoms with Gasteiger partial charge in [0, 0.05) is 37.8 Å². The fraction of sp³-hybridized carbons (Fsp3) is 0.600. The van der Waals surface area contributed by atoms with E-state index >= 15 is 0 Å². The van der Waals surface area contributed by atoms with Gasteiger partial charge in [0.1, 0.15) is 0 Å². The Morgan fingerprint density at radius 1 is 1.20 bits per heavy atom. The van der Waals surface area contributed by atoms with E-state index in [4.69, 9.17) is 0 Å². The first kappa shape index (κ1) is 24.0. The van der Waals surface area contributed by atoms with Gasteiger partial charge in [0.25, 0.3) is 5.91 Å². The summed E-state index contributed by atoms with van der Waals surface area (Å²) in [6, 6.07) is 0.0778. The van der Waals surface area contributed by atoms with E-state index in [1.165, 1.54) is 0 Å². The summed E-state index contributed by atoms with van der Waals surface area (Å²) in [4.78, 5) is 34.1. The van der Waals surface area contributed by atoms with Crippen LogP contribution in [-0.2, 0) is 4.79 Å². The molecule has 0 N–H and O–H groups in total. The van der Waals surface area contributed by atoms with Crippen LogP contribution >= 0.6 is 0 Å². The minimum Gasteiger partial charge on any atom is -0.339 e. The Labute approximate surface area is 202 Å². The van der Waals surface area contributed by atoms with Gasteiger partial charge in [-0.05, 0) is 32.8 Å². The fourth-order valence-corrected chi connectivity index (χ4v) is 5.70. The van der Waals surface area contributed by atoms with Gasteiger partial charge in [0.15, 0.2) is 0 Å². The summed E-state index contributed by atoms with van der Waals surface area (Å²) >= 11 is 0. The molecule has 1 saturated carbocycles. The van der Waals surface area contributed by atoms with Crippen LogP contribution in [0.1, 0.15) is 68.0 Å². The normalized spacial score (nSPS) is 25.7. The van der Waals surface area contributed by atoms with Crippen molar-refractivity contribution in [1.29, 1.82) is 0 Å². The molecule has 2 aliphatic carbocycles. The number of fused-ring (bicyclic) bond motifs is 3. The van der Waals surface area contributed by atoms with Crippen molar-refractivity contribution in [3.63, 3.8) is 0 Å². The zero-order valence-electron chi connectivity index (χ0n) is 20.0. The zero-order chi connectivity index (χ0) is 24.9. The molecule has 3 heterocycles. The summed E-state index contributed by atoms with van der Waals surface area (Å²) < 4.78 is 39.9. The second-order valence-electron chi connectivity index (χ2n) is 10.1.